The average Bonchev–Trinajstić information content (AvgIpc) is 3.05. The second-order valence-corrected chi connectivity index (χ2v) is 11.0. The van der Waals surface area contributed by atoms with Crippen LogP contribution in [-0.4, -0.2) is 39.4 Å². The maximum atomic E-state index is 14.0. The third kappa shape index (κ3) is 4.89. The number of fused-ring (bicyclic) bond motifs is 1. The summed E-state index contributed by atoms with van der Waals surface area (Å²) in [6.07, 6.45) is 6.22. The highest BCUT2D eigenvalue weighted by Gasteiger charge is 2.59. The molecule has 3 rings (SSSR count). The summed E-state index contributed by atoms with van der Waals surface area (Å²) >= 11 is 0. The second-order valence-electron chi connectivity index (χ2n) is 11.0. The van der Waals surface area contributed by atoms with Gasteiger partial charge in [-0.3, -0.25) is 24.5 Å². The molecule has 0 aromatic heterocycles. The molecule has 0 bridgehead atoms. The largest absolute Gasteiger partial charge is 0.481 e. The first kappa shape index (κ1) is 25.9. The predicted molar refractivity (Wildman–Crippen MR) is 123 cm³/mol. The van der Waals surface area contributed by atoms with Crippen molar-refractivity contribution in [1.29, 1.82) is 0 Å². The van der Waals surface area contributed by atoms with E-state index in [9.17, 15) is 29.4 Å². The van der Waals surface area contributed by atoms with E-state index in [1.165, 1.54) is 0 Å². The Morgan fingerprint density at radius 1 is 1.12 bits per heavy atom. The van der Waals surface area contributed by atoms with Crippen LogP contribution in [-0.2, 0) is 19.2 Å². The minimum atomic E-state index is -1.23. The molecule has 0 aromatic carbocycles. The van der Waals surface area contributed by atoms with E-state index in [0.29, 0.717) is 19.3 Å². The third-order valence-electron chi connectivity index (χ3n) is 8.91. The summed E-state index contributed by atoms with van der Waals surface area (Å²) in [6.45, 7) is 8.02. The Kier molecular flexibility index (Phi) is 8.03. The van der Waals surface area contributed by atoms with Crippen LogP contribution < -0.4 is 5.32 Å². The van der Waals surface area contributed by atoms with Gasteiger partial charge >= 0.3 is 5.97 Å². The highest BCUT2D eigenvalue weighted by Crippen LogP contribution is 2.54. The summed E-state index contributed by atoms with van der Waals surface area (Å²) < 4.78 is 0. The lowest BCUT2D eigenvalue weighted by Crippen LogP contribution is -2.58. The number of carboxylic acid groups (broad SMARTS) is 1. The Morgan fingerprint density at radius 3 is 2.42 bits per heavy atom. The van der Waals surface area contributed by atoms with Crippen LogP contribution in [0.2, 0.25) is 0 Å². The normalized spacial score (nSPS) is 39.6. The zero-order valence-electron chi connectivity index (χ0n) is 20.5. The predicted octanol–water partition coefficient (Wildman–Crippen LogP) is 3.57. The zero-order valence-corrected chi connectivity index (χ0v) is 20.5. The molecule has 0 aromatic rings. The number of carbonyl (C=O) groups excluding carboxylic acids is 3. The van der Waals surface area contributed by atoms with E-state index < -0.39 is 47.1 Å². The number of ketones is 1. The summed E-state index contributed by atoms with van der Waals surface area (Å²) in [6, 6.07) is 0. The fourth-order valence-electron chi connectivity index (χ4n) is 7.28. The van der Waals surface area contributed by atoms with E-state index in [1.54, 1.807) is 0 Å². The van der Waals surface area contributed by atoms with E-state index in [1.807, 2.05) is 20.8 Å². The molecule has 3 aliphatic rings. The number of carbonyl (C=O) groups is 4. The first-order chi connectivity index (χ1) is 15.6. The van der Waals surface area contributed by atoms with Gasteiger partial charge in [0.05, 0.1) is 17.4 Å². The van der Waals surface area contributed by atoms with E-state index >= 15 is 0 Å². The standard InChI is InChI=1S/C26H41NO6/c1-5-7-8-9-16(6-2)19-20(24(30)27-23(19)29)22(28)18-14(3)10-11-26(33)13-17(25(31)32)12-15(4)21(18)26/h14-21,33H,5-13H2,1-4H3,(H,31,32)(H,27,29,30). The number of imide groups is 1. The van der Waals surface area contributed by atoms with E-state index in [2.05, 4.69) is 12.2 Å². The van der Waals surface area contributed by atoms with Crippen molar-refractivity contribution in [1.82, 2.24) is 5.32 Å². The fraction of sp³-hybridized carbons (Fsp3) is 0.846. The SMILES string of the molecule is CCCCCC(CC)C1C(=O)NC(=O)C1C(=O)C1C(C)CCC2(O)CC(C(=O)O)CC(C)C12. The lowest BCUT2D eigenvalue weighted by Gasteiger charge is -2.54. The smallest absolute Gasteiger partial charge is 0.306 e. The Bertz CT molecular complexity index is 781. The molecule has 1 heterocycles. The van der Waals surface area contributed by atoms with Gasteiger partial charge in [0.25, 0.3) is 0 Å². The van der Waals surface area contributed by atoms with Gasteiger partial charge in [-0.25, -0.2) is 0 Å². The van der Waals surface area contributed by atoms with Crippen molar-refractivity contribution in [2.75, 3.05) is 0 Å². The number of carboxylic acids is 1. The highest BCUT2D eigenvalue weighted by atomic mass is 16.4. The molecule has 186 valence electrons. The van der Waals surface area contributed by atoms with E-state index in [-0.39, 0.29) is 35.9 Å². The number of hydrogen-bond donors (Lipinski definition) is 3. The molecule has 7 heteroatoms. The monoisotopic (exact) mass is 463 g/mol. The summed E-state index contributed by atoms with van der Waals surface area (Å²) in [5.41, 5.74) is -1.23. The lowest BCUT2D eigenvalue weighted by molar-refractivity contribution is -0.176. The number of Topliss-reactive ketones (excluding diaryl/α,β-unsaturated/α-hetero) is 1. The number of rotatable bonds is 9. The molecule has 9 unspecified atom stereocenters. The maximum Gasteiger partial charge on any atom is 0.306 e. The van der Waals surface area contributed by atoms with Crippen LogP contribution in [0, 0.1) is 47.3 Å². The molecule has 33 heavy (non-hydrogen) atoms. The molecule has 7 nitrogen and oxygen atoms in total. The number of amides is 2. The molecular weight excluding hydrogens is 422 g/mol. The number of nitrogens with one attached hydrogen (secondary N) is 1. The molecule has 3 N–H and O–H groups in total. The lowest BCUT2D eigenvalue weighted by atomic mass is 9.52. The van der Waals surface area contributed by atoms with Crippen molar-refractivity contribution >= 4 is 23.6 Å². The van der Waals surface area contributed by atoms with Gasteiger partial charge in [0.2, 0.25) is 11.8 Å². The molecule has 1 aliphatic heterocycles. The van der Waals surface area contributed by atoms with E-state index in [0.717, 1.165) is 32.1 Å². The quantitative estimate of drug-likeness (QED) is 0.273. The summed E-state index contributed by atoms with van der Waals surface area (Å²) in [7, 11) is 0. The topological polar surface area (TPSA) is 121 Å². The van der Waals surface area contributed by atoms with Crippen molar-refractivity contribution in [2.45, 2.75) is 91.1 Å². The van der Waals surface area contributed by atoms with Crippen LogP contribution >= 0.6 is 0 Å². The summed E-state index contributed by atoms with van der Waals surface area (Å²) in [5, 5.41) is 23.6. The number of aliphatic hydroxyl groups is 1. The minimum Gasteiger partial charge on any atom is -0.481 e. The number of hydrogen-bond acceptors (Lipinski definition) is 5. The van der Waals surface area contributed by atoms with Gasteiger partial charge in [-0.1, -0.05) is 53.4 Å². The second kappa shape index (κ2) is 10.2. The summed E-state index contributed by atoms with van der Waals surface area (Å²) in [5.74, 6) is -5.44. The van der Waals surface area contributed by atoms with Crippen LogP contribution in [0.3, 0.4) is 0 Å². The van der Waals surface area contributed by atoms with Crippen molar-refractivity contribution in [2.24, 2.45) is 47.3 Å². The van der Waals surface area contributed by atoms with Gasteiger partial charge < -0.3 is 10.2 Å². The molecule has 3 fully saturated rings. The first-order valence-electron chi connectivity index (χ1n) is 12.9. The van der Waals surface area contributed by atoms with Gasteiger partial charge in [0, 0.05) is 11.8 Å². The van der Waals surface area contributed by atoms with Crippen LogP contribution in [0.1, 0.15) is 85.5 Å². The number of unbranched alkanes of at least 4 members (excludes halogenated alkanes) is 2. The molecule has 9 atom stereocenters. The molecule has 1 saturated heterocycles. The van der Waals surface area contributed by atoms with Gasteiger partial charge in [0.15, 0.2) is 0 Å². The average molecular weight is 464 g/mol. The molecule has 0 radical (unpaired) electrons. The fourth-order valence-corrected chi connectivity index (χ4v) is 7.28. The van der Waals surface area contributed by atoms with Crippen LogP contribution in [0.15, 0.2) is 0 Å². The van der Waals surface area contributed by atoms with Crippen LogP contribution in [0.5, 0.6) is 0 Å². The third-order valence-corrected chi connectivity index (χ3v) is 8.91. The van der Waals surface area contributed by atoms with Crippen LogP contribution in [0.4, 0.5) is 0 Å². The number of aliphatic carboxylic acids is 1. The first-order valence-corrected chi connectivity index (χ1v) is 12.9. The Morgan fingerprint density at radius 2 is 1.82 bits per heavy atom. The Hall–Kier alpha value is -1.76. The summed E-state index contributed by atoms with van der Waals surface area (Å²) in [4.78, 5) is 51.5. The van der Waals surface area contributed by atoms with Gasteiger partial charge in [-0.2, -0.15) is 0 Å². The minimum absolute atomic E-state index is 0.0316. The Balaban J connectivity index is 1.91. The Labute approximate surface area is 197 Å². The molecule has 2 aliphatic carbocycles. The van der Waals surface area contributed by atoms with Crippen LogP contribution in [0.25, 0.3) is 0 Å². The van der Waals surface area contributed by atoms with E-state index in [4.69, 9.17) is 0 Å². The van der Waals surface area contributed by atoms with Crippen molar-refractivity contribution in [3.05, 3.63) is 0 Å². The molecule has 2 amide bonds. The molecule has 2 saturated carbocycles. The zero-order chi connectivity index (χ0) is 24.5. The maximum absolute atomic E-state index is 14.0. The van der Waals surface area contributed by atoms with Gasteiger partial charge in [-0.05, 0) is 49.9 Å². The van der Waals surface area contributed by atoms with Gasteiger partial charge in [0.1, 0.15) is 11.7 Å². The highest BCUT2D eigenvalue weighted by molar-refractivity contribution is 6.16. The van der Waals surface area contributed by atoms with Crippen molar-refractivity contribution in [3.8, 4) is 0 Å². The van der Waals surface area contributed by atoms with Crippen molar-refractivity contribution in [3.63, 3.8) is 0 Å². The molecule has 0 spiro atoms. The molecular formula is C26H41NO6. The van der Waals surface area contributed by atoms with Crippen molar-refractivity contribution < 1.29 is 29.4 Å². The van der Waals surface area contributed by atoms with Gasteiger partial charge in [-0.15, -0.1) is 0 Å².